The third kappa shape index (κ3) is 26.7. The quantitative estimate of drug-likeness (QED) is 0.0180. The number of nitrogens with two attached hydrogens (primary N) is 8. The highest BCUT2D eigenvalue weighted by Crippen LogP contribution is 2.48. The Morgan fingerprint density at radius 1 is 0.600 bits per heavy atom. The van der Waals surface area contributed by atoms with Gasteiger partial charge in [-0.1, -0.05) is 97.2 Å². The first kappa shape index (κ1) is 73.9. The molecule has 1 aliphatic carbocycles. The van der Waals surface area contributed by atoms with Crippen LogP contribution in [-0.4, -0.2) is 162 Å². The Morgan fingerprint density at radius 3 is 1.61 bits per heavy atom. The number of hydrogen-bond acceptors (Lipinski definition) is 16. The van der Waals surface area contributed by atoms with Crippen molar-refractivity contribution in [2.75, 3.05) is 32.0 Å². The van der Waals surface area contributed by atoms with Crippen LogP contribution < -0.4 is 93.1 Å². The molecule has 1 aliphatic heterocycles. The molecular formula is C58H91N19O11S2. The van der Waals surface area contributed by atoms with Crippen molar-refractivity contribution in [3.63, 3.8) is 0 Å². The maximum Gasteiger partial charge on any atom is 0.244 e. The minimum Gasteiger partial charge on any atom is -0.494 e. The molecule has 1 heterocycles. The second kappa shape index (κ2) is 38.1. The number of ether oxygens (including phenoxy) is 1. The van der Waals surface area contributed by atoms with Crippen molar-refractivity contribution in [2.24, 2.45) is 66.8 Å². The lowest BCUT2D eigenvalue weighted by Gasteiger charge is -2.36. The van der Waals surface area contributed by atoms with Crippen molar-refractivity contribution in [3.8, 4) is 5.75 Å². The zero-order valence-corrected chi connectivity index (χ0v) is 52.9. The average molecular weight is 1290 g/mol. The molecule has 1 saturated heterocycles. The standard InChI is InChI=1S/C58H91N19O11S2/c1-4-88-36-21-19-35(20-22-36)29-40-50(83)74-41(28-34-14-7-5-8-15-34)52(85)77-46(33(2)3)54(87)75-42(30-44(59)78)51(84)76-43(32-89-90-58(31-45(79)70-40)23-9-6-10-24-58)53(86)73-39(18-13-27-69-57(65)66)49(82)72-38(17-12-26-68-56(63)64)48(81)71-37(47(60)80)16-11-25-67-55(61)62/h5,7-8,14-15,19-22,33,37-43,46H,4,6,9-13,16-18,23-32H2,1-3H3,(H2,59,78)(H2,60,80)(H,70,79)(H,71,81)(H,72,82)(H,73,86)(H,74,83)(H,75,87)(H,76,84)(H,77,85)(H4,61,62,67)(H4,63,64,68)(H4,65,66,69). The van der Waals surface area contributed by atoms with Gasteiger partial charge < -0.3 is 93.1 Å². The molecule has 0 radical (unpaired) electrons. The first-order valence-electron chi connectivity index (χ1n) is 30.0. The fourth-order valence-corrected chi connectivity index (χ4v) is 13.4. The smallest absolute Gasteiger partial charge is 0.244 e. The summed E-state index contributed by atoms with van der Waals surface area (Å²) in [5.41, 5.74) is 45.8. The second-order valence-electron chi connectivity index (χ2n) is 22.4. The summed E-state index contributed by atoms with van der Waals surface area (Å²) >= 11 is 0. The molecule has 0 bridgehead atoms. The van der Waals surface area contributed by atoms with Crippen LogP contribution in [0.15, 0.2) is 69.6 Å². The maximum absolute atomic E-state index is 15.0. The molecule has 1 saturated carbocycles. The van der Waals surface area contributed by atoms with Crippen LogP contribution in [0, 0.1) is 5.92 Å². The molecule has 8 atom stereocenters. The summed E-state index contributed by atoms with van der Waals surface area (Å²) in [6.07, 6.45) is 2.73. The van der Waals surface area contributed by atoms with Crippen LogP contribution in [0.5, 0.6) is 5.75 Å². The van der Waals surface area contributed by atoms with Crippen LogP contribution in [0.3, 0.4) is 0 Å². The third-order valence-corrected chi connectivity index (χ3v) is 18.0. The lowest BCUT2D eigenvalue weighted by atomic mass is 9.85. The van der Waals surface area contributed by atoms with E-state index in [0.717, 1.165) is 30.1 Å². The molecule has 10 amide bonds. The SMILES string of the molecule is CCOc1ccc(CC2NC(=O)CC3(CCCCC3)SSCC(C(=O)NC(CCCN=C(N)N)C(=O)NC(CCCN=C(N)N)C(=O)NC(CCCN=C(N)N)C(N)=O)NC(=O)C(CC(N)=O)NC(=O)C(C(C)C)NC(=O)C(Cc3ccccc3)NC2=O)cc1. The van der Waals surface area contributed by atoms with E-state index in [2.05, 4.69) is 57.5 Å². The average Bonchev–Trinajstić information content (AvgIpc) is 1.66. The fraction of sp³-hybridized carbons (Fsp3) is 0.569. The van der Waals surface area contributed by atoms with E-state index in [4.69, 9.17) is 50.6 Å². The summed E-state index contributed by atoms with van der Waals surface area (Å²) in [6, 6.07) is 4.54. The minimum atomic E-state index is -1.74. The van der Waals surface area contributed by atoms with Gasteiger partial charge in [0.15, 0.2) is 17.9 Å². The Kier molecular flexibility index (Phi) is 31.3. The molecule has 4 rings (SSSR count). The lowest BCUT2D eigenvalue weighted by molar-refractivity contribution is -0.136. The zero-order valence-electron chi connectivity index (χ0n) is 51.3. The summed E-state index contributed by atoms with van der Waals surface area (Å²) in [4.78, 5) is 154. The van der Waals surface area contributed by atoms with E-state index < -0.39 is 124 Å². The van der Waals surface area contributed by atoms with E-state index in [1.54, 1.807) is 68.4 Å². The number of nitrogens with one attached hydrogen (secondary N) is 8. The summed E-state index contributed by atoms with van der Waals surface area (Å²) in [5, 5.41) is 21.7. The number of primary amides is 2. The van der Waals surface area contributed by atoms with Gasteiger partial charge in [0.25, 0.3) is 0 Å². The van der Waals surface area contributed by atoms with Crippen molar-refractivity contribution < 1.29 is 52.7 Å². The van der Waals surface area contributed by atoms with Crippen LogP contribution in [0.1, 0.15) is 115 Å². The van der Waals surface area contributed by atoms with E-state index in [1.807, 2.05) is 6.92 Å². The molecule has 2 aromatic carbocycles. The monoisotopic (exact) mass is 1290 g/mol. The van der Waals surface area contributed by atoms with Crippen LogP contribution >= 0.6 is 21.6 Å². The van der Waals surface area contributed by atoms with Gasteiger partial charge in [0.05, 0.1) is 13.0 Å². The molecule has 90 heavy (non-hydrogen) atoms. The maximum atomic E-state index is 15.0. The molecule has 8 unspecified atom stereocenters. The predicted octanol–water partition coefficient (Wildman–Crippen LogP) is -2.59. The molecule has 24 N–H and O–H groups in total. The first-order valence-corrected chi connectivity index (χ1v) is 32.3. The fourth-order valence-electron chi connectivity index (χ4n) is 9.98. The van der Waals surface area contributed by atoms with Gasteiger partial charge in [-0.2, -0.15) is 0 Å². The Bertz CT molecular complexity index is 2830. The number of carbonyl (C=O) groups is 10. The Balaban J connectivity index is 1.80. The van der Waals surface area contributed by atoms with Gasteiger partial charge in [0.1, 0.15) is 54.1 Å². The van der Waals surface area contributed by atoms with E-state index >= 15 is 0 Å². The Hall–Kier alpha value is -8.55. The highest BCUT2D eigenvalue weighted by Gasteiger charge is 2.40. The first-order chi connectivity index (χ1) is 42.8. The number of rotatable bonds is 28. The van der Waals surface area contributed by atoms with Gasteiger partial charge in [-0.15, -0.1) is 0 Å². The molecule has 0 aromatic heterocycles. The van der Waals surface area contributed by atoms with Crippen molar-refractivity contribution in [1.29, 1.82) is 0 Å². The number of amides is 10. The van der Waals surface area contributed by atoms with E-state index in [9.17, 15) is 47.9 Å². The summed E-state index contributed by atoms with van der Waals surface area (Å²) in [6.45, 7) is 5.64. The molecular weight excluding hydrogens is 1200 g/mol. The number of hydrogen-bond donors (Lipinski definition) is 16. The topological polar surface area (TPSA) is 521 Å². The van der Waals surface area contributed by atoms with Crippen LogP contribution in [0.2, 0.25) is 0 Å². The third-order valence-electron chi connectivity index (χ3n) is 14.6. The highest BCUT2D eigenvalue weighted by molar-refractivity contribution is 8.77. The van der Waals surface area contributed by atoms with Crippen LogP contribution in [0.25, 0.3) is 0 Å². The van der Waals surface area contributed by atoms with E-state index in [1.165, 1.54) is 10.8 Å². The summed E-state index contributed by atoms with van der Waals surface area (Å²) in [7, 11) is 2.45. The Labute approximate surface area is 531 Å². The van der Waals surface area contributed by atoms with Gasteiger partial charge >= 0.3 is 0 Å². The predicted molar refractivity (Wildman–Crippen MR) is 345 cm³/mol. The normalized spacial score (nSPS) is 20.3. The molecule has 2 aliphatic rings. The van der Waals surface area contributed by atoms with Crippen molar-refractivity contribution in [1.82, 2.24) is 42.5 Å². The van der Waals surface area contributed by atoms with Gasteiger partial charge in [-0.3, -0.25) is 62.9 Å². The van der Waals surface area contributed by atoms with Gasteiger partial charge in [0.2, 0.25) is 59.1 Å². The highest BCUT2D eigenvalue weighted by atomic mass is 33.1. The number of nitrogens with zero attached hydrogens (tertiary/aromatic N) is 3. The number of benzene rings is 2. The van der Waals surface area contributed by atoms with Crippen LogP contribution in [0.4, 0.5) is 0 Å². The van der Waals surface area contributed by atoms with Crippen molar-refractivity contribution in [2.45, 2.75) is 170 Å². The molecule has 2 fully saturated rings. The largest absolute Gasteiger partial charge is 0.494 e. The van der Waals surface area contributed by atoms with Crippen LogP contribution in [-0.2, 0) is 60.8 Å². The number of carbonyl (C=O) groups excluding carboxylic acids is 10. The van der Waals surface area contributed by atoms with Gasteiger partial charge in [0, 0.05) is 49.4 Å². The minimum absolute atomic E-state index is 0.00639. The zero-order chi connectivity index (χ0) is 66.3. The van der Waals surface area contributed by atoms with E-state index in [-0.39, 0.29) is 101 Å². The molecule has 1 spiro atoms. The van der Waals surface area contributed by atoms with E-state index in [0.29, 0.717) is 36.3 Å². The molecule has 30 nitrogen and oxygen atoms in total. The summed E-state index contributed by atoms with van der Waals surface area (Å²) < 4.78 is 4.86. The van der Waals surface area contributed by atoms with Gasteiger partial charge in [-0.05, 0) is 87.5 Å². The van der Waals surface area contributed by atoms with Gasteiger partial charge in [-0.25, -0.2) is 0 Å². The molecule has 32 heteroatoms. The number of aliphatic imine (C=N–C) groups is 3. The number of guanidine groups is 3. The second-order valence-corrected chi connectivity index (χ2v) is 25.2. The summed E-state index contributed by atoms with van der Waals surface area (Å²) in [5.74, 6) is -9.49. The molecule has 2 aromatic rings. The van der Waals surface area contributed by atoms with Crippen molar-refractivity contribution >= 4 is 98.5 Å². The molecule has 496 valence electrons. The van der Waals surface area contributed by atoms with Crippen molar-refractivity contribution in [3.05, 3.63) is 65.7 Å². The lowest BCUT2D eigenvalue weighted by Crippen LogP contribution is -2.62. The Morgan fingerprint density at radius 2 is 1.09 bits per heavy atom.